The third kappa shape index (κ3) is 3.41. The minimum Gasteiger partial charge on any atom is -0.496 e. The molecule has 1 aromatic rings. The summed E-state index contributed by atoms with van der Waals surface area (Å²) in [6.07, 6.45) is 1.25. The van der Waals surface area contributed by atoms with Gasteiger partial charge in [-0.3, -0.25) is 0 Å². The maximum Gasteiger partial charge on any atom is 0.122 e. The van der Waals surface area contributed by atoms with Crippen molar-refractivity contribution >= 4 is 0 Å². The van der Waals surface area contributed by atoms with Crippen LogP contribution in [-0.4, -0.2) is 7.11 Å². The molecule has 0 aromatic heterocycles. The quantitative estimate of drug-likeness (QED) is 0.655. The third-order valence-corrected chi connectivity index (χ3v) is 2.23. The zero-order chi connectivity index (χ0) is 11.1. The van der Waals surface area contributed by atoms with E-state index in [1.807, 2.05) is 6.07 Å². The molecule has 1 rings (SSSR count). The van der Waals surface area contributed by atoms with Gasteiger partial charge in [0.25, 0.3) is 0 Å². The zero-order valence-electron chi connectivity index (χ0n) is 10.3. The molecule has 0 amide bonds. The molecular weight excluding hydrogens is 172 g/mol. The number of benzene rings is 1. The van der Waals surface area contributed by atoms with Crippen molar-refractivity contribution in [2.24, 2.45) is 0 Å². The number of ether oxygens (including phenoxy) is 1. The summed E-state index contributed by atoms with van der Waals surface area (Å²) in [5.74, 6) is 0.980. The van der Waals surface area contributed by atoms with Crippen molar-refractivity contribution in [3.63, 3.8) is 0 Å². The number of aryl methyl sites for hydroxylation is 1. The van der Waals surface area contributed by atoms with E-state index in [1.54, 1.807) is 7.11 Å². The summed E-state index contributed by atoms with van der Waals surface area (Å²) < 4.78 is 5.18. The van der Waals surface area contributed by atoms with Crippen molar-refractivity contribution in [2.75, 3.05) is 7.11 Å². The fraction of sp³-hybridized carbons (Fsp3) is 0.538. The van der Waals surface area contributed by atoms with Crippen molar-refractivity contribution < 1.29 is 4.74 Å². The Morgan fingerprint density at radius 2 is 1.50 bits per heavy atom. The molecule has 0 heterocycles. The molecular formula is C13H22O. The molecule has 14 heavy (non-hydrogen) atoms. The van der Waals surface area contributed by atoms with E-state index in [2.05, 4.69) is 40.7 Å². The smallest absolute Gasteiger partial charge is 0.122 e. The van der Waals surface area contributed by atoms with Gasteiger partial charge in [0.2, 0.25) is 0 Å². The van der Waals surface area contributed by atoms with Crippen LogP contribution in [0.2, 0.25) is 0 Å². The molecule has 1 nitrogen and oxygen atoms in total. The average Bonchev–Trinajstić information content (AvgIpc) is 2.16. The van der Waals surface area contributed by atoms with Gasteiger partial charge in [-0.05, 0) is 43.5 Å². The lowest BCUT2D eigenvalue weighted by Crippen LogP contribution is -1.91. The second kappa shape index (κ2) is 6.47. The lowest BCUT2D eigenvalue weighted by atomic mass is 10.0. The highest BCUT2D eigenvalue weighted by Crippen LogP contribution is 2.22. The lowest BCUT2D eigenvalue weighted by Gasteiger charge is -2.08. The van der Waals surface area contributed by atoms with Crippen LogP contribution in [0.1, 0.15) is 37.0 Å². The molecule has 0 aliphatic rings. The molecule has 80 valence electrons. The Hall–Kier alpha value is -0.980. The average molecular weight is 194 g/mol. The number of hydrogen-bond acceptors (Lipinski definition) is 1. The van der Waals surface area contributed by atoms with E-state index in [1.165, 1.54) is 23.1 Å². The van der Waals surface area contributed by atoms with Gasteiger partial charge in [-0.2, -0.15) is 0 Å². The van der Waals surface area contributed by atoms with Crippen LogP contribution >= 0.6 is 0 Å². The molecule has 0 N–H and O–H groups in total. The summed E-state index contributed by atoms with van der Waals surface area (Å²) >= 11 is 0. The van der Waals surface area contributed by atoms with Crippen LogP contribution in [0, 0.1) is 20.8 Å². The van der Waals surface area contributed by atoms with Gasteiger partial charge in [0.1, 0.15) is 5.75 Å². The van der Waals surface area contributed by atoms with E-state index >= 15 is 0 Å². The Morgan fingerprint density at radius 1 is 1.00 bits per heavy atom. The van der Waals surface area contributed by atoms with E-state index in [-0.39, 0.29) is 0 Å². The zero-order valence-corrected chi connectivity index (χ0v) is 10.3. The van der Waals surface area contributed by atoms with Crippen LogP contribution in [0.5, 0.6) is 5.75 Å². The van der Waals surface area contributed by atoms with Crippen LogP contribution in [0.25, 0.3) is 0 Å². The molecule has 1 heteroatoms. The van der Waals surface area contributed by atoms with E-state index in [9.17, 15) is 0 Å². The first kappa shape index (κ1) is 13.0. The van der Waals surface area contributed by atoms with Crippen molar-refractivity contribution in [3.05, 3.63) is 28.8 Å². The van der Waals surface area contributed by atoms with Gasteiger partial charge in [0.15, 0.2) is 0 Å². The number of hydrogen-bond donors (Lipinski definition) is 0. The number of rotatable bonds is 1. The van der Waals surface area contributed by atoms with E-state index in [4.69, 9.17) is 4.74 Å². The fourth-order valence-corrected chi connectivity index (χ4v) is 1.15. The standard InChI is InChI=1S/C10H14O.C3H8/c1-7-5-6-10(11-4)9(3)8(7)2;1-3-2/h5-6H,1-4H3;3H2,1-2H3. The monoisotopic (exact) mass is 194 g/mol. The first-order chi connectivity index (χ1) is 6.58. The maximum atomic E-state index is 5.18. The summed E-state index contributed by atoms with van der Waals surface area (Å²) in [7, 11) is 1.71. The molecule has 0 aliphatic heterocycles. The summed E-state index contributed by atoms with van der Waals surface area (Å²) in [5, 5.41) is 0. The predicted octanol–water partition coefficient (Wildman–Crippen LogP) is 4.04. The summed E-state index contributed by atoms with van der Waals surface area (Å²) in [6, 6.07) is 4.10. The Balaban J connectivity index is 0.000000500. The Labute approximate surface area is 88.1 Å². The van der Waals surface area contributed by atoms with Crippen LogP contribution in [0.3, 0.4) is 0 Å². The molecule has 0 unspecified atom stereocenters. The topological polar surface area (TPSA) is 9.23 Å². The van der Waals surface area contributed by atoms with Gasteiger partial charge in [0, 0.05) is 0 Å². The van der Waals surface area contributed by atoms with Gasteiger partial charge in [0.05, 0.1) is 7.11 Å². The molecule has 0 atom stereocenters. The molecule has 0 saturated carbocycles. The first-order valence-corrected chi connectivity index (χ1v) is 5.19. The molecule has 1 aromatic carbocycles. The highest BCUT2D eigenvalue weighted by atomic mass is 16.5. The van der Waals surface area contributed by atoms with E-state index in [0.29, 0.717) is 0 Å². The van der Waals surface area contributed by atoms with Gasteiger partial charge < -0.3 is 4.74 Å². The minimum absolute atomic E-state index is 0.980. The summed E-state index contributed by atoms with van der Waals surface area (Å²) in [4.78, 5) is 0. The Morgan fingerprint density at radius 3 is 1.93 bits per heavy atom. The van der Waals surface area contributed by atoms with Crippen LogP contribution < -0.4 is 4.74 Å². The van der Waals surface area contributed by atoms with Crippen molar-refractivity contribution in [3.8, 4) is 5.75 Å². The Kier molecular flexibility index (Phi) is 6.02. The molecule has 0 fully saturated rings. The highest BCUT2D eigenvalue weighted by Gasteiger charge is 2.01. The molecule has 0 aliphatic carbocycles. The predicted molar refractivity (Wildman–Crippen MR) is 63.2 cm³/mol. The first-order valence-electron chi connectivity index (χ1n) is 5.19. The van der Waals surface area contributed by atoms with E-state index < -0.39 is 0 Å². The number of methoxy groups -OCH3 is 1. The lowest BCUT2D eigenvalue weighted by molar-refractivity contribution is 0.411. The fourth-order valence-electron chi connectivity index (χ4n) is 1.15. The third-order valence-electron chi connectivity index (χ3n) is 2.23. The second-order valence-electron chi connectivity index (χ2n) is 3.54. The maximum absolute atomic E-state index is 5.18. The SMILES string of the molecule is CCC.COc1ccc(C)c(C)c1C. The van der Waals surface area contributed by atoms with Gasteiger partial charge in [-0.1, -0.05) is 26.3 Å². The van der Waals surface area contributed by atoms with Crippen molar-refractivity contribution in [1.82, 2.24) is 0 Å². The molecule has 0 bridgehead atoms. The van der Waals surface area contributed by atoms with Gasteiger partial charge in [-0.25, -0.2) is 0 Å². The van der Waals surface area contributed by atoms with Gasteiger partial charge >= 0.3 is 0 Å². The van der Waals surface area contributed by atoms with Crippen LogP contribution in [-0.2, 0) is 0 Å². The molecule has 0 spiro atoms. The normalized spacial score (nSPS) is 9.00. The largest absolute Gasteiger partial charge is 0.496 e. The second-order valence-corrected chi connectivity index (χ2v) is 3.54. The summed E-state index contributed by atoms with van der Waals surface area (Å²) in [6.45, 7) is 10.6. The van der Waals surface area contributed by atoms with Crippen molar-refractivity contribution in [1.29, 1.82) is 0 Å². The van der Waals surface area contributed by atoms with Crippen molar-refractivity contribution in [2.45, 2.75) is 41.0 Å². The summed E-state index contributed by atoms with van der Waals surface area (Å²) in [5.41, 5.74) is 3.89. The van der Waals surface area contributed by atoms with Crippen LogP contribution in [0.15, 0.2) is 12.1 Å². The van der Waals surface area contributed by atoms with Gasteiger partial charge in [-0.15, -0.1) is 0 Å². The highest BCUT2D eigenvalue weighted by molar-refractivity contribution is 5.42. The molecule has 0 saturated heterocycles. The minimum atomic E-state index is 0.980. The Bertz CT molecular complexity index is 277. The van der Waals surface area contributed by atoms with E-state index in [0.717, 1.165) is 5.75 Å². The molecule has 0 radical (unpaired) electrons. The van der Waals surface area contributed by atoms with Crippen LogP contribution in [0.4, 0.5) is 0 Å².